The molecule has 120 valence electrons. The maximum Gasteiger partial charge on any atom is 0.321 e. The molecule has 0 aromatic carbocycles. The minimum atomic E-state index is -0.744. The van der Waals surface area contributed by atoms with Crippen LogP contribution in [0.1, 0.15) is 13.3 Å². The lowest BCUT2D eigenvalue weighted by atomic mass is 10.1. The van der Waals surface area contributed by atoms with Crippen molar-refractivity contribution >= 4 is 34.3 Å². The normalized spacial score (nSPS) is 18.9. The second kappa shape index (κ2) is 7.18. The van der Waals surface area contributed by atoms with Gasteiger partial charge in [-0.1, -0.05) is 0 Å². The van der Waals surface area contributed by atoms with E-state index in [0.717, 1.165) is 0 Å². The molecule has 2 rings (SSSR count). The van der Waals surface area contributed by atoms with Gasteiger partial charge in [-0.25, -0.2) is 15.3 Å². The Morgan fingerprint density at radius 1 is 1.59 bits per heavy atom. The standard InChI is InChI=1S/C12H17N5O4S/c1-7(9(18)16-21)17-4-2-8(10(17)19)6-14-11(20)15-12-13-3-5-22-12/h3,5,7-8,21H,2,4,6H2,1H3,(H,16,18)(H2,13,14,15,20). The highest BCUT2D eigenvalue weighted by atomic mass is 32.1. The fourth-order valence-corrected chi connectivity index (χ4v) is 2.74. The van der Waals surface area contributed by atoms with E-state index in [1.807, 2.05) is 0 Å². The number of thiazole rings is 1. The number of urea groups is 1. The second-order valence-electron chi connectivity index (χ2n) is 4.84. The van der Waals surface area contributed by atoms with Crippen LogP contribution in [-0.2, 0) is 9.59 Å². The van der Waals surface area contributed by atoms with Gasteiger partial charge in [-0.3, -0.25) is 20.1 Å². The van der Waals surface area contributed by atoms with Gasteiger partial charge < -0.3 is 10.2 Å². The first kappa shape index (κ1) is 16.2. The number of carbonyl (C=O) groups excluding carboxylic acids is 3. The van der Waals surface area contributed by atoms with Crippen LogP contribution in [0.4, 0.5) is 9.93 Å². The Balaban J connectivity index is 1.81. The Hall–Kier alpha value is -2.20. The predicted octanol–water partition coefficient (Wildman–Crippen LogP) is 0.00700. The Kier molecular flexibility index (Phi) is 5.28. The van der Waals surface area contributed by atoms with Crippen molar-refractivity contribution in [3.8, 4) is 0 Å². The molecule has 1 aliphatic rings. The first-order chi connectivity index (χ1) is 10.5. The van der Waals surface area contributed by atoms with Gasteiger partial charge in [0.15, 0.2) is 5.13 Å². The van der Waals surface area contributed by atoms with Gasteiger partial charge in [0.05, 0.1) is 5.92 Å². The van der Waals surface area contributed by atoms with E-state index in [4.69, 9.17) is 5.21 Å². The molecule has 22 heavy (non-hydrogen) atoms. The van der Waals surface area contributed by atoms with Crippen molar-refractivity contribution in [3.63, 3.8) is 0 Å². The van der Waals surface area contributed by atoms with Gasteiger partial charge in [0.1, 0.15) is 6.04 Å². The summed E-state index contributed by atoms with van der Waals surface area (Å²) in [6, 6.07) is -1.17. The molecule has 0 saturated carbocycles. The molecule has 2 unspecified atom stereocenters. The van der Waals surface area contributed by atoms with Crippen LogP contribution in [0.15, 0.2) is 11.6 Å². The van der Waals surface area contributed by atoms with Crippen molar-refractivity contribution < 1.29 is 19.6 Å². The summed E-state index contributed by atoms with van der Waals surface area (Å²) >= 11 is 1.29. The highest BCUT2D eigenvalue weighted by Crippen LogP contribution is 2.20. The van der Waals surface area contributed by atoms with Crippen LogP contribution in [0.3, 0.4) is 0 Å². The third-order valence-corrected chi connectivity index (χ3v) is 4.16. The maximum atomic E-state index is 12.2. The average molecular weight is 327 g/mol. The zero-order valence-electron chi connectivity index (χ0n) is 11.9. The number of likely N-dealkylation sites (tertiary alicyclic amines) is 1. The van der Waals surface area contributed by atoms with Crippen molar-refractivity contribution in [2.24, 2.45) is 5.92 Å². The zero-order chi connectivity index (χ0) is 16.1. The maximum absolute atomic E-state index is 12.2. The molecule has 1 aromatic heterocycles. The van der Waals surface area contributed by atoms with Gasteiger partial charge in [-0.2, -0.15) is 0 Å². The van der Waals surface area contributed by atoms with E-state index in [9.17, 15) is 14.4 Å². The molecule has 1 aromatic rings. The van der Waals surface area contributed by atoms with E-state index in [2.05, 4.69) is 15.6 Å². The summed E-state index contributed by atoms with van der Waals surface area (Å²) in [5.41, 5.74) is 1.53. The summed E-state index contributed by atoms with van der Waals surface area (Å²) in [5, 5.41) is 16.0. The molecule has 2 atom stereocenters. The van der Waals surface area contributed by atoms with Crippen LogP contribution in [-0.4, -0.2) is 52.1 Å². The number of aromatic nitrogens is 1. The lowest BCUT2D eigenvalue weighted by Crippen LogP contribution is -2.46. The molecule has 4 amide bonds. The summed E-state index contributed by atoms with van der Waals surface area (Å²) in [4.78, 5) is 40.5. The summed E-state index contributed by atoms with van der Waals surface area (Å²) in [6.45, 7) is 2.13. The van der Waals surface area contributed by atoms with Gasteiger partial charge in [-0.15, -0.1) is 11.3 Å². The summed E-state index contributed by atoms with van der Waals surface area (Å²) in [6.07, 6.45) is 2.12. The van der Waals surface area contributed by atoms with Gasteiger partial charge in [0, 0.05) is 24.7 Å². The summed E-state index contributed by atoms with van der Waals surface area (Å²) in [5.74, 6) is -1.23. The van der Waals surface area contributed by atoms with Crippen molar-refractivity contribution in [2.45, 2.75) is 19.4 Å². The van der Waals surface area contributed by atoms with E-state index < -0.39 is 18.0 Å². The first-order valence-corrected chi connectivity index (χ1v) is 7.59. The molecule has 0 bridgehead atoms. The number of amides is 4. The van der Waals surface area contributed by atoms with E-state index in [1.165, 1.54) is 28.6 Å². The number of hydrogen-bond donors (Lipinski definition) is 4. The number of hydrogen-bond acceptors (Lipinski definition) is 6. The van der Waals surface area contributed by atoms with E-state index in [-0.39, 0.29) is 18.4 Å². The van der Waals surface area contributed by atoms with Gasteiger partial charge in [0.25, 0.3) is 5.91 Å². The smallest absolute Gasteiger partial charge is 0.321 e. The molecular formula is C12H17N5O4S. The Labute approximate surface area is 130 Å². The number of hydroxylamine groups is 1. The Morgan fingerprint density at radius 3 is 3.00 bits per heavy atom. The van der Waals surface area contributed by atoms with E-state index in [1.54, 1.807) is 11.6 Å². The lowest BCUT2D eigenvalue weighted by Gasteiger charge is -2.22. The van der Waals surface area contributed by atoms with Gasteiger partial charge in [-0.05, 0) is 13.3 Å². The third-order valence-electron chi connectivity index (χ3n) is 3.47. The number of anilines is 1. The SMILES string of the molecule is CC(C(=O)NO)N1CCC(CNC(=O)Nc2nccs2)C1=O. The second-order valence-corrected chi connectivity index (χ2v) is 5.74. The zero-order valence-corrected chi connectivity index (χ0v) is 12.7. The molecule has 0 aliphatic carbocycles. The van der Waals surface area contributed by atoms with Gasteiger partial charge >= 0.3 is 6.03 Å². The number of carbonyl (C=O) groups is 3. The van der Waals surface area contributed by atoms with Crippen molar-refractivity contribution in [1.29, 1.82) is 0 Å². The molecule has 1 fully saturated rings. The molecule has 9 nitrogen and oxygen atoms in total. The summed E-state index contributed by atoms with van der Waals surface area (Å²) < 4.78 is 0. The van der Waals surface area contributed by atoms with Gasteiger partial charge in [0.2, 0.25) is 5.91 Å². The first-order valence-electron chi connectivity index (χ1n) is 6.71. The highest BCUT2D eigenvalue weighted by molar-refractivity contribution is 7.13. The number of rotatable bonds is 5. The summed E-state index contributed by atoms with van der Waals surface area (Å²) in [7, 11) is 0. The van der Waals surface area contributed by atoms with Crippen molar-refractivity contribution in [2.75, 3.05) is 18.4 Å². The van der Waals surface area contributed by atoms with Crippen LogP contribution in [0.2, 0.25) is 0 Å². The van der Waals surface area contributed by atoms with Crippen LogP contribution in [0.25, 0.3) is 0 Å². The Bertz CT molecular complexity index is 550. The molecule has 2 heterocycles. The van der Waals surface area contributed by atoms with Crippen LogP contribution in [0, 0.1) is 5.92 Å². The largest absolute Gasteiger partial charge is 0.337 e. The van der Waals surface area contributed by atoms with Crippen LogP contribution < -0.4 is 16.1 Å². The molecule has 0 spiro atoms. The molecule has 1 saturated heterocycles. The van der Waals surface area contributed by atoms with E-state index in [0.29, 0.717) is 18.1 Å². The quantitative estimate of drug-likeness (QED) is 0.448. The molecular weight excluding hydrogens is 310 g/mol. The van der Waals surface area contributed by atoms with Crippen LogP contribution >= 0.6 is 11.3 Å². The number of nitrogens with zero attached hydrogens (tertiary/aromatic N) is 2. The average Bonchev–Trinajstić information content (AvgIpc) is 3.13. The van der Waals surface area contributed by atoms with Crippen molar-refractivity contribution in [3.05, 3.63) is 11.6 Å². The lowest BCUT2D eigenvalue weighted by molar-refractivity contribution is -0.142. The number of nitrogens with one attached hydrogen (secondary N) is 3. The fraction of sp³-hybridized carbons (Fsp3) is 0.500. The minimum absolute atomic E-state index is 0.181. The Morgan fingerprint density at radius 2 is 2.36 bits per heavy atom. The highest BCUT2D eigenvalue weighted by Gasteiger charge is 2.36. The molecule has 10 heteroatoms. The monoisotopic (exact) mass is 327 g/mol. The van der Waals surface area contributed by atoms with Crippen molar-refractivity contribution in [1.82, 2.24) is 20.7 Å². The fourth-order valence-electron chi connectivity index (χ4n) is 2.21. The topological polar surface area (TPSA) is 124 Å². The van der Waals surface area contributed by atoms with E-state index >= 15 is 0 Å². The minimum Gasteiger partial charge on any atom is -0.337 e. The molecule has 1 aliphatic heterocycles. The third kappa shape index (κ3) is 3.71. The predicted molar refractivity (Wildman–Crippen MR) is 78.3 cm³/mol. The van der Waals surface area contributed by atoms with Crippen LogP contribution in [0.5, 0.6) is 0 Å². The molecule has 4 N–H and O–H groups in total. The molecule has 0 radical (unpaired) electrons.